The Kier molecular flexibility index (Phi) is 10.5. The number of carbonyl (C=O) groups excluding carboxylic acids is 1. The fourth-order valence-corrected chi connectivity index (χ4v) is 12.6. The number of esters is 1. The van der Waals surface area contributed by atoms with Gasteiger partial charge in [-0.2, -0.15) is 0 Å². The van der Waals surface area contributed by atoms with Gasteiger partial charge in [-0.05, 0) is 55.5 Å². The van der Waals surface area contributed by atoms with Gasteiger partial charge in [-0.3, -0.25) is 4.90 Å². The summed E-state index contributed by atoms with van der Waals surface area (Å²) < 4.78 is 14.3. The monoisotopic (exact) mass is 978 g/mol. The topological polar surface area (TPSA) is 120 Å². The van der Waals surface area contributed by atoms with Gasteiger partial charge in [0.2, 0.25) is 5.60 Å². The molecule has 12 heteroatoms. The molecule has 8 atom stereocenters. The second-order valence-corrected chi connectivity index (χ2v) is 16.8. The van der Waals surface area contributed by atoms with Gasteiger partial charge in [0.25, 0.3) is 0 Å². The first-order valence-electron chi connectivity index (χ1n) is 20.0. The van der Waals surface area contributed by atoms with E-state index in [1.54, 1.807) is 14.2 Å². The molecule has 6 heterocycles. The summed E-state index contributed by atoms with van der Waals surface area (Å²) in [5.41, 5.74) is 2.98. The van der Waals surface area contributed by atoms with Gasteiger partial charge in [-0.1, -0.05) is 50.3 Å². The van der Waals surface area contributed by atoms with E-state index >= 15 is 0 Å². The molecule has 11 nitrogen and oxygen atoms in total. The fourth-order valence-electron chi connectivity index (χ4n) is 12.6. The average molecular weight is 979 g/mol. The molecule has 1 spiro atoms. The molecule has 9 rings (SSSR count). The number of para-hydroxylation sites is 1. The standard InChI is InChI=1S/C44H55N4O7.Ac/c1-7-27-20-28-23-42(26-55-54-6,36-30(14-18-47(24-27)25-28)29-12-9-10-13-33(29)45-36)32-21-31-34(22-35(32)52-4)46(3)38-43(31)16-19-48-17-11-15-41(8-2,37(43)48)39(49)44(38,51)40(50)53-5;/h9-13,15,20-22,24,28,37-39,45,49,51H,7-8,14,16-19,23,25-26H2,1-6H3;/q+1;/t28-,37?,38?,39?,41-,42+,43-,44?;/m1./s1. The van der Waals surface area contributed by atoms with Crippen LogP contribution >= 0.6 is 0 Å². The van der Waals surface area contributed by atoms with Crippen LogP contribution in [0.4, 0.5) is 5.69 Å². The van der Waals surface area contributed by atoms with Gasteiger partial charge in [-0.25, -0.2) is 19.1 Å². The van der Waals surface area contributed by atoms with Crippen LogP contribution in [0.15, 0.2) is 60.2 Å². The number of aromatic nitrogens is 1. The third-order valence-electron chi connectivity index (χ3n) is 14.7. The molecule has 0 amide bonds. The number of carbonyl (C=O) groups is 1. The average Bonchev–Trinajstić information content (AvgIpc) is 3.87. The van der Waals surface area contributed by atoms with Crippen molar-refractivity contribution in [3.63, 3.8) is 0 Å². The number of hydrogen-bond donors (Lipinski definition) is 3. The second-order valence-electron chi connectivity index (χ2n) is 16.8. The van der Waals surface area contributed by atoms with Crippen molar-refractivity contribution in [1.29, 1.82) is 0 Å². The van der Waals surface area contributed by atoms with E-state index in [-0.39, 0.29) is 62.6 Å². The summed E-state index contributed by atoms with van der Waals surface area (Å²) >= 11 is 0. The molecule has 1 aliphatic carbocycles. The number of anilines is 1. The molecule has 5 aliphatic heterocycles. The molecule has 1 radical (unpaired) electrons. The van der Waals surface area contributed by atoms with E-state index in [4.69, 9.17) is 19.2 Å². The summed E-state index contributed by atoms with van der Waals surface area (Å²) in [6.07, 6.45) is 11.3. The molecular formula is C44H55AcN4O7+. The molecule has 3 aromatic rings. The number of fused-ring (bicyclic) bond motifs is 6. The first-order chi connectivity index (χ1) is 26.6. The van der Waals surface area contributed by atoms with E-state index in [0.29, 0.717) is 25.0 Å². The van der Waals surface area contributed by atoms with Gasteiger partial charge in [0, 0.05) is 126 Å². The smallest absolute Gasteiger partial charge is 0.342 e. The van der Waals surface area contributed by atoms with E-state index in [1.807, 2.05) is 11.9 Å². The zero-order valence-corrected chi connectivity index (χ0v) is 38.3. The molecule has 2 aromatic carbocycles. The maximum Gasteiger partial charge on any atom is 0.342 e. The molecule has 1 aromatic heterocycles. The fraction of sp³-hybridized carbons (Fsp3) is 0.545. The van der Waals surface area contributed by atoms with Gasteiger partial charge >= 0.3 is 5.97 Å². The van der Waals surface area contributed by atoms with Crippen molar-refractivity contribution >= 4 is 28.8 Å². The van der Waals surface area contributed by atoms with Crippen LogP contribution < -0.4 is 9.64 Å². The number of methoxy groups -OCH3 is 2. The maximum atomic E-state index is 14.1. The molecule has 6 aliphatic rings. The quantitative estimate of drug-likeness (QED) is 0.0993. The molecule has 1 saturated carbocycles. The van der Waals surface area contributed by atoms with Crippen LogP contribution in [0.3, 0.4) is 0 Å². The number of aliphatic hydroxyl groups is 2. The molecule has 2 fully saturated rings. The van der Waals surface area contributed by atoms with Crippen LogP contribution in [0.25, 0.3) is 10.9 Å². The zero-order valence-electron chi connectivity index (χ0n) is 33.5. The van der Waals surface area contributed by atoms with E-state index in [0.717, 1.165) is 67.0 Å². The summed E-state index contributed by atoms with van der Waals surface area (Å²) in [5.74, 6) is 0.0585. The zero-order chi connectivity index (χ0) is 38.5. The van der Waals surface area contributed by atoms with Crippen LogP contribution in [0.1, 0.15) is 61.9 Å². The summed E-state index contributed by atoms with van der Waals surface area (Å²) in [6, 6.07) is 12.0. The third-order valence-corrected chi connectivity index (χ3v) is 14.7. The van der Waals surface area contributed by atoms with Crippen LogP contribution in [-0.4, -0.2) is 122 Å². The van der Waals surface area contributed by atoms with Crippen LogP contribution in [0, 0.1) is 55.4 Å². The van der Waals surface area contributed by atoms with Gasteiger partial charge in [-0.15, -0.1) is 0 Å². The van der Waals surface area contributed by atoms with E-state index < -0.39 is 40.0 Å². The van der Waals surface area contributed by atoms with Crippen molar-refractivity contribution in [2.24, 2.45) is 11.3 Å². The molecule has 3 N–H and O–H groups in total. The molecule has 1 saturated heterocycles. The third kappa shape index (κ3) is 5.28. The number of nitrogens with one attached hydrogen (secondary N) is 1. The maximum absolute atomic E-state index is 14.1. The number of hydrogen-bond acceptors (Lipinski definition) is 9. The van der Waals surface area contributed by atoms with E-state index in [2.05, 4.69) is 89.1 Å². The van der Waals surface area contributed by atoms with Crippen molar-refractivity contribution in [3.8, 4) is 5.75 Å². The first kappa shape index (κ1) is 40.2. The Hall–Kier alpha value is -2.56. The minimum absolute atomic E-state index is 0. The Balaban J connectivity index is 0.00000441. The second kappa shape index (κ2) is 14.6. The number of allylic oxidation sites excluding steroid dienone is 1. The van der Waals surface area contributed by atoms with Crippen LogP contribution in [-0.2, 0) is 36.6 Å². The number of rotatable bonds is 8. The van der Waals surface area contributed by atoms with Crippen molar-refractivity contribution in [1.82, 2.24) is 9.88 Å². The van der Waals surface area contributed by atoms with Gasteiger partial charge in [0.1, 0.15) is 24.9 Å². The Morgan fingerprint density at radius 3 is 2.64 bits per heavy atom. The molecule has 2 bridgehead atoms. The minimum atomic E-state index is -2.22. The molecule has 56 heavy (non-hydrogen) atoms. The number of likely N-dealkylation sites (N-methyl/N-ethyl adjacent to an activating group) is 1. The number of benzene rings is 2. The van der Waals surface area contributed by atoms with Crippen molar-refractivity contribution in [2.75, 3.05) is 66.1 Å². The summed E-state index contributed by atoms with van der Waals surface area (Å²) in [7, 11) is 6.50. The Labute approximate surface area is 365 Å². The van der Waals surface area contributed by atoms with E-state index in [9.17, 15) is 15.0 Å². The Morgan fingerprint density at radius 2 is 1.91 bits per heavy atom. The Bertz CT molecular complexity index is 2150. The molecule has 4 unspecified atom stereocenters. The van der Waals surface area contributed by atoms with Crippen molar-refractivity contribution in [2.45, 2.75) is 80.6 Å². The predicted molar refractivity (Wildman–Crippen MR) is 210 cm³/mol. The van der Waals surface area contributed by atoms with E-state index in [1.165, 1.54) is 23.6 Å². The summed E-state index contributed by atoms with van der Waals surface area (Å²) in [4.78, 5) is 34.1. The summed E-state index contributed by atoms with van der Waals surface area (Å²) in [5, 5.41) is 26.6. The largest absolute Gasteiger partial charge is 0.496 e. The number of nitrogens with zero attached hydrogens (tertiary/aromatic N) is 3. The molecular weight excluding hydrogens is 924 g/mol. The van der Waals surface area contributed by atoms with Crippen LogP contribution in [0.2, 0.25) is 0 Å². The van der Waals surface area contributed by atoms with Crippen LogP contribution in [0.5, 0.6) is 5.75 Å². The number of ether oxygens (including phenoxy) is 2. The summed E-state index contributed by atoms with van der Waals surface area (Å²) in [6.45, 7) is 7.76. The first-order valence-corrected chi connectivity index (χ1v) is 20.0. The Morgan fingerprint density at radius 1 is 1.11 bits per heavy atom. The van der Waals surface area contributed by atoms with Gasteiger partial charge in [0.15, 0.2) is 6.21 Å². The SMILES string of the molecule is CCC1=C[C@H]2C[N+](=C1)CCc1c([nH]c3ccccc13)[C@@](COOC)(c1cc3c(cc1OC)N(C)C1C(O)(C(=O)OC)C(O)[C@]4(CC)C=CCN5CC[C@]31C54)C2.[Ac]. The van der Waals surface area contributed by atoms with Crippen molar-refractivity contribution < 1.29 is 82.9 Å². The number of aliphatic hydroxyl groups excluding tert-OH is 1. The predicted octanol–water partition coefficient (Wildman–Crippen LogP) is 4.41. The van der Waals surface area contributed by atoms with Gasteiger partial charge in [0.05, 0.1) is 39.4 Å². The number of aromatic amines is 1. The van der Waals surface area contributed by atoms with Gasteiger partial charge < -0.3 is 29.6 Å². The number of H-pyrrole nitrogens is 1. The molecule has 295 valence electrons. The minimum Gasteiger partial charge on any atom is -0.496 e. The van der Waals surface area contributed by atoms with Crippen molar-refractivity contribution in [3.05, 3.63) is 82.6 Å². The normalized spacial score (nSPS) is 34.2.